The number of hydrogen-bond acceptors (Lipinski definition) is 5. The molecule has 0 aliphatic heterocycles. The van der Waals surface area contributed by atoms with Gasteiger partial charge in [0.15, 0.2) is 18.2 Å². The average molecular weight is 462 g/mol. The molecule has 8 heteroatoms. The van der Waals surface area contributed by atoms with Gasteiger partial charge in [-0.3, -0.25) is 4.79 Å². The summed E-state index contributed by atoms with van der Waals surface area (Å²) in [6, 6.07) is 14.5. The summed E-state index contributed by atoms with van der Waals surface area (Å²) in [6.45, 7) is -0.0317. The Morgan fingerprint density at radius 3 is 2.68 bits per heavy atom. The normalized spacial score (nSPS) is 17.0. The molecule has 4 aromatic rings. The third kappa shape index (κ3) is 4.04. The highest BCUT2D eigenvalue weighted by Crippen LogP contribution is 2.39. The Labute approximate surface area is 192 Å². The van der Waals surface area contributed by atoms with E-state index in [4.69, 9.17) is 9.15 Å². The van der Waals surface area contributed by atoms with Crippen molar-refractivity contribution in [3.63, 3.8) is 0 Å². The van der Waals surface area contributed by atoms with E-state index in [9.17, 15) is 18.0 Å². The molecular weight excluding hydrogens is 445 g/mol. The van der Waals surface area contributed by atoms with Crippen LogP contribution in [-0.4, -0.2) is 28.3 Å². The topological polar surface area (TPSA) is 65.2 Å². The van der Waals surface area contributed by atoms with Crippen LogP contribution in [0.5, 0.6) is 0 Å². The zero-order valence-corrected chi connectivity index (χ0v) is 17.6. The predicted octanol–water partition coefficient (Wildman–Crippen LogP) is 6.02. The van der Waals surface area contributed by atoms with Crippen molar-refractivity contribution in [1.82, 2.24) is 9.97 Å². The van der Waals surface area contributed by atoms with Gasteiger partial charge in [-0.05, 0) is 29.8 Å². The van der Waals surface area contributed by atoms with E-state index in [1.807, 2.05) is 6.07 Å². The number of rotatable bonds is 6. The van der Waals surface area contributed by atoms with E-state index in [2.05, 4.69) is 9.97 Å². The lowest BCUT2D eigenvalue weighted by molar-refractivity contribution is -0.0838. The number of aromatic nitrogens is 2. The maximum absolute atomic E-state index is 15.0. The molecule has 0 fully saturated rings. The van der Waals surface area contributed by atoms with Gasteiger partial charge in [0.25, 0.3) is 5.92 Å². The van der Waals surface area contributed by atoms with Gasteiger partial charge in [0, 0.05) is 17.0 Å². The molecule has 5 rings (SSSR count). The molecule has 170 valence electrons. The Bertz CT molecular complexity index is 1430. The van der Waals surface area contributed by atoms with Crippen LogP contribution in [0.1, 0.15) is 21.8 Å². The van der Waals surface area contributed by atoms with E-state index < -0.39 is 17.8 Å². The van der Waals surface area contributed by atoms with Crippen molar-refractivity contribution in [3.05, 3.63) is 102 Å². The molecular formula is C26H17F3N2O3. The number of fused-ring (bicyclic) bond motifs is 1. The molecule has 1 unspecified atom stereocenters. The van der Waals surface area contributed by atoms with Crippen molar-refractivity contribution in [2.24, 2.45) is 0 Å². The Morgan fingerprint density at radius 2 is 1.91 bits per heavy atom. The summed E-state index contributed by atoms with van der Waals surface area (Å²) in [5, 5.41) is 0.341. The summed E-state index contributed by atoms with van der Waals surface area (Å²) in [5.74, 6) is -3.77. The Hall–Kier alpha value is -4.04. The highest BCUT2D eigenvalue weighted by molar-refractivity contribution is 5.94. The summed E-state index contributed by atoms with van der Waals surface area (Å²) in [6.07, 6.45) is 3.63. The Kier molecular flexibility index (Phi) is 5.59. The number of hydrogen-bond donors (Lipinski definition) is 0. The van der Waals surface area contributed by atoms with Gasteiger partial charge < -0.3 is 9.15 Å². The first-order chi connectivity index (χ1) is 16.5. The zero-order chi connectivity index (χ0) is 23.7. The Balaban J connectivity index is 1.59. The van der Waals surface area contributed by atoms with Crippen LogP contribution in [0.2, 0.25) is 0 Å². The Morgan fingerprint density at radius 1 is 1.09 bits per heavy atom. The molecule has 1 aliphatic carbocycles. The minimum atomic E-state index is -3.29. The number of carbonyl (C=O) groups is 1. The summed E-state index contributed by atoms with van der Waals surface area (Å²) in [7, 11) is 0. The number of benzene rings is 2. The largest absolute Gasteiger partial charge is 0.453 e. The molecule has 0 N–H and O–H groups in total. The van der Waals surface area contributed by atoms with Crippen molar-refractivity contribution < 1.29 is 27.1 Å². The monoisotopic (exact) mass is 462 g/mol. The lowest BCUT2D eigenvalue weighted by Gasteiger charge is -2.29. The van der Waals surface area contributed by atoms with E-state index in [1.54, 1.807) is 24.3 Å². The molecule has 0 saturated heterocycles. The quantitative estimate of drug-likeness (QED) is 0.328. The van der Waals surface area contributed by atoms with E-state index in [-0.39, 0.29) is 40.5 Å². The maximum Gasteiger partial charge on any atom is 0.296 e. The van der Waals surface area contributed by atoms with Gasteiger partial charge in [-0.1, -0.05) is 42.5 Å². The minimum Gasteiger partial charge on any atom is -0.453 e. The van der Waals surface area contributed by atoms with Crippen LogP contribution in [0.3, 0.4) is 0 Å². The fraction of sp³-hybridized carbons (Fsp3) is 0.115. The second-order valence-corrected chi connectivity index (χ2v) is 7.72. The highest BCUT2D eigenvalue weighted by atomic mass is 19.3. The van der Waals surface area contributed by atoms with Crippen LogP contribution < -0.4 is 0 Å². The fourth-order valence-electron chi connectivity index (χ4n) is 3.88. The van der Waals surface area contributed by atoms with Crippen LogP contribution in [-0.2, 0) is 11.3 Å². The number of aldehydes is 1. The molecule has 1 atom stereocenters. The number of halogens is 3. The van der Waals surface area contributed by atoms with Crippen molar-refractivity contribution in [2.45, 2.75) is 18.6 Å². The third-order valence-corrected chi connectivity index (χ3v) is 5.49. The molecule has 1 aliphatic rings. The third-order valence-electron chi connectivity index (χ3n) is 5.49. The van der Waals surface area contributed by atoms with E-state index in [0.717, 1.165) is 11.6 Å². The predicted molar refractivity (Wildman–Crippen MR) is 120 cm³/mol. The standard InChI is InChI=1S/C26H17F3N2O3/c27-21-12-22-20(11-19(21)23-9-8-17(13-32)34-23)24(31-15-30-22)18-7-4-10-26(28,29)25(18)33-14-16-5-2-1-3-6-16/h1-13,15,25H,14H2. The van der Waals surface area contributed by atoms with Crippen LogP contribution in [0.25, 0.3) is 27.8 Å². The first kappa shape index (κ1) is 21.8. The maximum atomic E-state index is 15.0. The van der Waals surface area contributed by atoms with Gasteiger partial charge in [0.1, 0.15) is 17.9 Å². The molecule has 0 saturated carbocycles. The van der Waals surface area contributed by atoms with Crippen LogP contribution in [0, 0.1) is 5.82 Å². The molecule has 0 spiro atoms. The van der Waals surface area contributed by atoms with Gasteiger partial charge in [0.05, 0.1) is 23.4 Å². The molecule has 34 heavy (non-hydrogen) atoms. The molecule has 2 aromatic heterocycles. The number of alkyl halides is 2. The zero-order valence-electron chi connectivity index (χ0n) is 17.6. The SMILES string of the molecule is O=Cc1ccc(-c2cc3c(C4=CC=CC(F)(F)C4OCc4ccccc4)ncnc3cc2F)o1. The number of nitrogens with zero attached hydrogens (tertiary/aromatic N) is 2. The molecule has 0 amide bonds. The van der Waals surface area contributed by atoms with Gasteiger partial charge in [-0.2, -0.15) is 8.78 Å². The minimum absolute atomic E-state index is 0.0317. The second kappa shape index (κ2) is 8.72. The second-order valence-electron chi connectivity index (χ2n) is 7.72. The van der Waals surface area contributed by atoms with Crippen molar-refractivity contribution in [2.75, 3.05) is 0 Å². The van der Waals surface area contributed by atoms with Crippen LogP contribution in [0.4, 0.5) is 13.2 Å². The molecule has 0 bridgehead atoms. The van der Waals surface area contributed by atoms with Gasteiger partial charge in [0.2, 0.25) is 0 Å². The summed E-state index contributed by atoms with van der Waals surface area (Å²) < 4.78 is 55.8. The van der Waals surface area contributed by atoms with E-state index in [0.29, 0.717) is 11.7 Å². The molecule has 0 radical (unpaired) electrons. The molecule has 2 heterocycles. The van der Waals surface area contributed by atoms with E-state index >= 15 is 0 Å². The lowest BCUT2D eigenvalue weighted by atomic mass is 9.92. The summed E-state index contributed by atoms with van der Waals surface area (Å²) in [5.41, 5.74) is 1.36. The number of furan rings is 1. The highest BCUT2D eigenvalue weighted by Gasteiger charge is 2.43. The average Bonchev–Trinajstić information content (AvgIpc) is 3.31. The van der Waals surface area contributed by atoms with Gasteiger partial charge >= 0.3 is 0 Å². The first-order valence-corrected chi connectivity index (χ1v) is 10.4. The van der Waals surface area contributed by atoms with E-state index in [1.165, 1.54) is 42.7 Å². The van der Waals surface area contributed by atoms with Crippen molar-refractivity contribution in [3.8, 4) is 11.3 Å². The van der Waals surface area contributed by atoms with Crippen LogP contribution >= 0.6 is 0 Å². The number of carbonyl (C=O) groups excluding carboxylic acids is 1. The van der Waals surface area contributed by atoms with Crippen molar-refractivity contribution in [1.29, 1.82) is 0 Å². The fourth-order valence-corrected chi connectivity index (χ4v) is 3.88. The lowest BCUT2D eigenvalue weighted by Crippen LogP contribution is -2.37. The van der Waals surface area contributed by atoms with Gasteiger partial charge in [-0.25, -0.2) is 14.4 Å². The van der Waals surface area contributed by atoms with Crippen molar-refractivity contribution >= 4 is 22.8 Å². The van der Waals surface area contributed by atoms with Gasteiger partial charge in [-0.15, -0.1) is 0 Å². The smallest absolute Gasteiger partial charge is 0.296 e. The number of allylic oxidation sites excluding steroid dienone is 2. The number of ether oxygens (including phenoxy) is 1. The summed E-state index contributed by atoms with van der Waals surface area (Å²) >= 11 is 0. The summed E-state index contributed by atoms with van der Waals surface area (Å²) in [4.78, 5) is 19.3. The first-order valence-electron chi connectivity index (χ1n) is 10.4. The molecule has 2 aromatic carbocycles. The molecule has 5 nitrogen and oxygen atoms in total. The van der Waals surface area contributed by atoms with Crippen LogP contribution in [0.15, 0.2) is 83.6 Å².